The second-order valence-corrected chi connectivity index (χ2v) is 7.20. The Hall–Kier alpha value is -1.70. The lowest BCUT2D eigenvalue weighted by Crippen LogP contribution is -2.24. The third-order valence-electron chi connectivity index (χ3n) is 3.44. The van der Waals surface area contributed by atoms with Gasteiger partial charge in [-0.2, -0.15) is 8.78 Å². The van der Waals surface area contributed by atoms with E-state index in [4.69, 9.17) is 27.9 Å². The second-order valence-electron chi connectivity index (χ2n) is 5.37. The van der Waals surface area contributed by atoms with E-state index in [9.17, 15) is 13.6 Å². The van der Waals surface area contributed by atoms with Gasteiger partial charge in [0.15, 0.2) is 11.5 Å². The number of hydrogen-bond acceptors (Lipinski definition) is 4. The molecule has 1 N–H and O–H groups in total. The van der Waals surface area contributed by atoms with E-state index in [-0.39, 0.29) is 29.7 Å². The number of carbonyl (C=O) groups excluding carboxylic acids is 1. The van der Waals surface area contributed by atoms with E-state index in [0.717, 1.165) is 5.56 Å². The molecule has 0 spiro atoms. The van der Waals surface area contributed by atoms with Gasteiger partial charge in [0.1, 0.15) is 0 Å². The zero-order valence-electron chi connectivity index (χ0n) is 14.3. The molecule has 2 aromatic rings. The standard InChI is InChI=1S/C18H17Cl2F2NO3S/c1-25-15-5-2-11(6-16(15)26-18(21)22)8-23-17(24)10-27-9-12-3-4-13(19)7-14(12)20/h2-7,18H,8-10H2,1H3,(H,23,24). The Balaban J connectivity index is 1.82. The van der Waals surface area contributed by atoms with Crippen LogP contribution in [0.1, 0.15) is 11.1 Å². The van der Waals surface area contributed by atoms with Gasteiger partial charge in [-0.15, -0.1) is 11.8 Å². The number of rotatable bonds is 9. The highest BCUT2D eigenvalue weighted by Crippen LogP contribution is 2.29. The van der Waals surface area contributed by atoms with E-state index in [1.54, 1.807) is 18.2 Å². The van der Waals surface area contributed by atoms with E-state index in [0.29, 0.717) is 21.4 Å². The van der Waals surface area contributed by atoms with Crippen molar-refractivity contribution in [3.63, 3.8) is 0 Å². The monoisotopic (exact) mass is 435 g/mol. The van der Waals surface area contributed by atoms with Crippen molar-refractivity contribution in [2.24, 2.45) is 0 Å². The molecular weight excluding hydrogens is 419 g/mol. The first-order chi connectivity index (χ1) is 12.9. The lowest BCUT2D eigenvalue weighted by atomic mass is 10.2. The molecule has 0 saturated carbocycles. The highest BCUT2D eigenvalue weighted by molar-refractivity contribution is 7.99. The smallest absolute Gasteiger partial charge is 0.387 e. The summed E-state index contributed by atoms with van der Waals surface area (Å²) in [5, 5.41) is 3.84. The molecule has 0 fully saturated rings. The number of thioether (sulfide) groups is 1. The Morgan fingerprint density at radius 2 is 1.96 bits per heavy atom. The van der Waals surface area contributed by atoms with Crippen LogP contribution in [0, 0.1) is 0 Å². The van der Waals surface area contributed by atoms with E-state index in [2.05, 4.69) is 10.1 Å². The predicted molar refractivity (Wildman–Crippen MR) is 104 cm³/mol. The summed E-state index contributed by atoms with van der Waals surface area (Å²) >= 11 is 13.3. The molecule has 0 aliphatic heterocycles. The fourth-order valence-electron chi connectivity index (χ4n) is 2.16. The van der Waals surface area contributed by atoms with Crippen LogP contribution in [0.15, 0.2) is 36.4 Å². The van der Waals surface area contributed by atoms with Crippen molar-refractivity contribution in [3.05, 3.63) is 57.6 Å². The average Bonchev–Trinajstić information content (AvgIpc) is 2.61. The van der Waals surface area contributed by atoms with E-state index >= 15 is 0 Å². The largest absolute Gasteiger partial charge is 0.493 e. The number of benzene rings is 2. The van der Waals surface area contributed by atoms with E-state index < -0.39 is 6.61 Å². The summed E-state index contributed by atoms with van der Waals surface area (Å²) in [7, 11) is 1.36. The highest BCUT2D eigenvalue weighted by Gasteiger charge is 2.12. The Kier molecular flexibility index (Phi) is 8.47. The molecule has 9 heteroatoms. The number of ether oxygens (including phenoxy) is 2. The van der Waals surface area contributed by atoms with Crippen LogP contribution in [0.4, 0.5) is 8.78 Å². The van der Waals surface area contributed by atoms with Gasteiger partial charge in [-0.05, 0) is 35.4 Å². The molecule has 2 rings (SSSR count). The number of nitrogens with one attached hydrogen (secondary N) is 1. The summed E-state index contributed by atoms with van der Waals surface area (Å²) in [6.07, 6.45) is 0. The quantitative estimate of drug-likeness (QED) is 0.591. The molecule has 1 amide bonds. The number of hydrogen-bond donors (Lipinski definition) is 1. The minimum absolute atomic E-state index is 0.0778. The molecule has 0 aliphatic carbocycles. The van der Waals surface area contributed by atoms with E-state index in [1.165, 1.54) is 31.0 Å². The number of methoxy groups -OCH3 is 1. The molecule has 0 bridgehead atoms. The third-order valence-corrected chi connectivity index (χ3v) is 5.01. The Bertz CT molecular complexity index is 793. The van der Waals surface area contributed by atoms with Gasteiger partial charge in [0.05, 0.1) is 12.9 Å². The molecule has 0 aliphatic rings. The maximum atomic E-state index is 12.4. The van der Waals surface area contributed by atoms with Crippen LogP contribution in [0.3, 0.4) is 0 Å². The lowest BCUT2D eigenvalue weighted by molar-refractivity contribution is -0.118. The summed E-state index contributed by atoms with van der Waals surface area (Å²) in [5.41, 5.74) is 1.51. The van der Waals surface area contributed by atoms with Gasteiger partial charge in [0.2, 0.25) is 5.91 Å². The SMILES string of the molecule is COc1ccc(CNC(=O)CSCc2ccc(Cl)cc2Cl)cc1OC(F)F. The van der Waals surface area contributed by atoms with Gasteiger partial charge >= 0.3 is 6.61 Å². The molecule has 0 saturated heterocycles. The van der Waals surface area contributed by atoms with Gasteiger partial charge in [-0.25, -0.2) is 0 Å². The highest BCUT2D eigenvalue weighted by atomic mass is 35.5. The Morgan fingerprint density at radius 3 is 2.63 bits per heavy atom. The van der Waals surface area contributed by atoms with Gasteiger partial charge in [0.25, 0.3) is 0 Å². The van der Waals surface area contributed by atoms with Crippen LogP contribution in [-0.4, -0.2) is 25.4 Å². The summed E-state index contributed by atoms with van der Waals surface area (Å²) in [5.74, 6) is 0.734. The van der Waals surface area contributed by atoms with Crippen molar-refractivity contribution >= 4 is 40.9 Å². The lowest BCUT2D eigenvalue weighted by Gasteiger charge is -2.12. The predicted octanol–water partition coefficient (Wildman–Crippen LogP) is 5.15. The second kappa shape index (κ2) is 10.6. The zero-order chi connectivity index (χ0) is 19.8. The van der Waals surface area contributed by atoms with Crippen molar-refractivity contribution in [3.8, 4) is 11.5 Å². The first kappa shape index (κ1) is 21.6. The van der Waals surface area contributed by atoms with Crippen molar-refractivity contribution in [1.29, 1.82) is 0 Å². The molecule has 27 heavy (non-hydrogen) atoms. The normalized spacial score (nSPS) is 10.7. The molecule has 4 nitrogen and oxygen atoms in total. The van der Waals surface area contributed by atoms with Crippen LogP contribution < -0.4 is 14.8 Å². The minimum Gasteiger partial charge on any atom is -0.493 e. The molecule has 146 valence electrons. The topological polar surface area (TPSA) is 47.6 Å². The van der Waals surface area contributed by atoms with Crippen molar-refractivity contribution in [2.75, 3.05) is 12.9 Å². The summed E-state index contributed by atoms with van der Waals surface area (Å²) in [4.78, 5) is 12.0. The summed E-state index contributed by atoms with van der Waals surface area (Å²) in [6, 6.07) is 9.80. The average molecular weight is 436 g/mol. The summed E-state index contributed by atoms with van der Waals surface area (Å²) in [6.45, 7) is -2.77. The van der Waals surface area contributed by atoms with Gasteiger partial charge in [-0.3, -0.25) is 4.79 Å². The number of amides is 1. The van der Waals surface area contributed by atoms with Crippen LogP contribution in [-0.2, 0) is 17.1 Å². The van der Waals surface area contributed by atoms with Crippen molar-refractivity contribution < 1.29 is 23.0 Å². The number of alkyl halides is 2. The molecule has 0 atom stereocenters. The molecule has 0 radical (unpaired) electrons. The fraction of sp³-hybridized carbons (Fsp3) is 0.278. The van der Waals surface area contributed by atoms with Crippen LogP contribution >= 0.6 is 35.0 Å². The Morgan fingerprint density at radius 1 is 1.19 bits per heavy atom. The van der Waals surface area contributed by atoms with Gasteiger partial charge in [0, 0.05) is 22.3 Å². The molecule has 0 aromatic heterocycles. The van der Waals surface area contributed by atoms with Gasteiger partial charge < -0.3 is 14.8 Å². The zero-order valence-corrected chi connectivity index (χ0v) is 16.6. The van der Waals surface area contributed by atoms with Crippen LogP contribution in [0.2, 0.25) is 10.0 Å². The van der Waals surface area contributed by atoms with Crippen molar-refractivity contribution in [2.45, 2.75) is 18.9 Å². The maximum absolute atomic E-state index is 12.4. The molecule has 2 aromatic carbocycles. The van der Waals surface area contributed by atoms with Crippen LogP contribution in [0.25, 0.3) is 0 Å². The third kappa shape index (κ3) is 7.08. The van der Waals surface area contributed by atoms with E-state index in [1.807, 2.05) is 6.07 Å². The first-order valence-corrected chi connectivity index (χ1v) is 9.70. The van der Waals surface area contributed by atoms with Crippen molar-refractivity contribution in [1.82, 2.24) is 5.32 Å². The van der Waals surface area contributed by atoms with Crippen LogP contribution in [0.5, 0.6) is 11.5 Å². The maximum Gasteiger partial charge on any atom is 0.387 e. The molecule has 0 unspecified atom stereocenters. The Labute approximate surface area is 170 Å². The molecule has 0 heterocycles. The summed E-state index contributed by atoms with van der Waals surface area (Å²) < 4.78 is 34.3. The molecular formula is C18H17Cl2F2NO3S. The van der Waals surface area contributed by atoms with Gasteiger partial charge in [-0.1, -0.05) is 35.3 Å². The number of carbonyl (C=O) groups is 1. The fourth-order valence-corrected chi connectivity index (χ4v) is 3.58. The first-order valence-electron chi connectivity index (χ1n) is 7.79. The number of halogens is 4. The minimum atomic E-state index is -2.96.